The van der Waals surface area contributed by atoms with Gasteiger partial charge in [0.25, 0.3) is 0 Å². The van der Waals surface area contributed by atoms with Gasteiger partial charge in [-0.15, -0.1) is 0 Å². The number of amidine groups is 1. The molecule has 0 saturated carbocycles. The van der Waals surface area contributed by atoms with Crippen molar-refractivity contribution in [3.05, 3.63) is 65.2 Å². The minimum Gasteiger partial charge on any atom is -0.384 e. The average molecular weight is 267 g/mol. The monoisotopic (exact) mass is 267 g/mol. The summed E-state index contributed by atoms with van der Waals surface area (Å²) < 4.78 is 0. The first-order valence-corrected chi connectivity index (χ1v) is 6.78. The molecule has 2 rings (SSSR count). The van der Waals surface area contributed by atoms with Gasteiger partial charge in [-0.3, -0.25) is 5.41 Å². The molecule has 3 heteroatoms. The van der Waals surface area contributed by atoms with Gasteiger partial charge in [-0.2, -0.15) is 0 Å². The van der Waals surface area contributed by atoms with Gasteiger partial charge in [0.05, 0.1) is 0 Å². The molecule has 0 unspecified atom stereocenters. The van der Waals surface area contributed by atoms with Crippen molar-refractivity contribution in [3.8, 4) is 0 Å². The molecular formula is C17H21N3. The highest BCUT2D eigenvalue weighted by Crippen LogP contribution is 2.21. The van der Waals surface area contributed by atoms with Crippen molar-refractivity contribution in [1.29, 1.82) is 5.41 Å². The third-order valence-corrected chi connectivity index (χ3v) is 3.43. The zero-order valence-electron chi connectivity index (χ0n) is 12.1. The lowest BCUT2D eigenvalue weighted by Gasteiger charge is -2.22. The Balaban J connectivity index is 2.14. The Morgan fingerprint density at radius 3 is 2.50 bits per heavy atom. The van der Waals surface area contributed by atoms with E-state index in [1.807, 2.05) is 25.2 Å². The molecule has 3 nitrogen and oxygen atoms in total. The fraction of sp³-hybridized carbons (Fsp3) is 0.235. The van der Waals surface area contributed by atoms with Gasteiger partial charge in [0, 0.05) is 24.8 Å². The number of nitrogens with zero attached hydrogens (tertiary/aromatic N) is 1. The van der Waals surface area contributed by atoms with Crippen molar-refractivity contribution in [2.24, 2.45) is 5.73 Å². The molecule has 0 aromatic heterocycles. The van der Waals surface area contributed by atoms with Gasteiger partial charge >= 0.3 is 0 Å². The van der Waals surface area contributed by atoms with E-state index in [-0.39, 0.29) is 5.84 Å². The summed E-state index contributed by atoms with van der Waals surface area (Å²) in [5, 5.41) is 7.69. The second kappa shape index (κ2) is 6.24. The van der Waals surface area contributed by atoms with Crippen LogP contribution in [0.15, 0.2) is 48.5 Å². The van der Waals surface area contributed by atoms with E-state index in [2.05, 4.69) is 42.2 Å². The average Bonchev–Trinajstić information content (AvgIpc) is 2.45. The summed E-state index contributed by atoms with van der Waals surface area (Å²) in [6, 6.07) is 16.4. The maximum absolute atomic E-state index is 7.69. The topological polar surface area (TPSA) is 53.1 Å². The second-order valence-electron chi connectivity index (χ2n) is 5.09. The Hall–Kier alpha value is -2.29. The van der Waals surface area contributed by atoms with Crippen molar-refractivity contribution in [1.82, 2.24) is 0 Å². The number of rotatable bonds is 5. The molecule has 3 N–H and O–H groups in total. The highest BCUT2D eigenvalue weighted by molar-refractivity contribution is 6.00. The van der Waals surface area contributed by atoms with Gasteiger partial charge in [0.1, 0.15) is 5.84 Å². The number of nitrogens with two attached hydrogens (primary N) is 1. The van der Waals surface area contributed by atoms with Crippen LogP contribution < -0.4 is 10.6 Å². The summed E-state index contributed by atoms with van der Waals surface area (Å²) in [6.07, 6.45) is 0.975. The number of nitrogen functional groups attached to an aromatic ring is 1. The minimum absolute atomic E-state index is 0.117. The van der Waals surface area contributed by atoms with Crippen LogP contribution in [0.3, 0.4) is 0 Å². The largest absolute Gasteiger partial charge is 0.384 e. The first kappa shape index (κ1) is 14.1. The maximum Gasteiger partial charge on any atom is 0.124 e. The van der Waals surface area contributed by atoms with Crippen molar-refractivity contribution in [2.45, 2.75) is 13.3 Å². The van der Waals surface area contributed by atoms with Gasteiger partial charge < -0.3 is 10.6 Å². The standard InChI is InChI=1S/C17H21N3/c1-13-8-9-15(17(18)19)16(12-13)20(2)11-10-14-6-4-3-5-7-14/h3-9,12H,10-11H2,1-2H3,(H3,18,19). The van der Waals surface area contributed by atoms with Gasteiger partial charge in [-0.1, -0.05) is 36.4 Å². The highest BCUT2D eigenvalue weighted by atomic mass is 15.1. The molecule has 2 aromatic rings. The molecule has 0 saturated heterocycles. The van der Waals surface area contributed by atoms with Gasteiger partial charge in [-0.25, -0.2) is 0 Å². The number of hydrogen-bond donors (Lipinski definition) is 2. The molecule has 20 heavy (non-hydrogen) atoms. The number of likely N-dealkylation sites (N-methyl/N-ethyl adjacent to an activating group) is 1. The summed E-state index contributed by atoms with van der Waals surface area (Å²) in [7, 11) is 2.05. The van der Waals surface area contributed by atoms with Crippen LogP contribution in [0.2, 0.25) is 0 Å². The number of aryl methyl sites for hydroxylation is 1. The van der Waals surface area contributed by atoms with Crippen LogP contribution in [0.5, 0.6) is 0 Å². The lowest BCUT2D eigenvalue weighted by molar-refractivity contribution is 0.875. The molecule has 0 atom stereocenters. The predicted molar refractivity (Wildman–Crippen MR) is 85.6 cm³/mol. The first-order valence-electron chi connectivity index (χ1n) is 6.78. The van der Waals surface area contributed by atoms with E-state index in [1.165, 1.54) is 11.1 Å². The van der Waals surface area contributed by atoms with Crippen molar-refractivity contribution in [2.75, 3.05) is 18.5 Å². The number of anilines is 1. The van der Waals surface area contributed by atoms with Crippen LogP contribution in [-0.2, 0) is 6.42 Å². The van der Waals surface area contributed by atoms with E-state index in [0.29, 0.717) is 0 Å². The molecule has 0 aliphatic heterocycles. The van der Waals surface area contributed by atoms with Crippen molar-refractivity contribution < 1.29 is 0 Å². The molecule has 0 bridgehead atoms. The van der Waals surface area contributed by atoms with E-state index in [4.69, 9.17) is 11.1 Å². The summed E-state index contributed by atoms with van der Waals surface area (Å²) in [5.41, 5.74) is 9.98. The predicted octanol–water partition coefficient (Wildman–Crippen LogP) is 2.96. The zero-order valence-corrected chi connectivity index (χ0v) is 12.1. The van der Waals surface area contributed by atoms with Crippen LogP contribution in [0.25, 0.3) is 0 Å². The number of benzene rings is 2. The van der Waals surface area contributed by atoms with E-state index in [9.17, 15) is 0 Å². The Bertz CT molecular complexity index is 590. The van der Waals surface area contributed by atoms with Crippen LogP contribution in [0, 0.1) is 12.3 Å². The molecule has 0 aliphatic rings. The quantitative estimate of drug-likeness (QED) is 0.646. The molecule has 0 heterocycles. The van der Waals surface area contributed by atoms with E-state index in [1.54, 1.807) is 0 Å². The molecule has 2 aromatic carbocycles. The Morgan fingerprint density at radius 2 is 1.85 bits per heavy atom. The van der Waals surface area contributed by atoms with Crippen LogP contribution in [-0.4, -0.2) is 19.4 Å². The first-order chi connectivity index (χ1) is 9.58. The molecule has 0 spiro atoms. The minimum atomic E-state index is 0.117. The van der Waals surface area contributed by atoms with Crippen LogP contribution >= 0.6 is 0 Å². The van der Waals surface area contributed by atoms with E-state index < -0.39 is 0 Å². The lowest BCUT2D eigenvalue weighted by atomic mass is 10.1. The Kier molecular flexibility index (Phi) is 4.41. The van der Waals surface area contributed by atoms with Crippen LogP contribution in [0.1, 0.15) is 16.7 Å². The second-order valence-corrected chi connectivity index (χ2v) is 5.09. The summed E-state index contributed by atoms with van der Waals surface area (Å²) in [5.74, 6) is 0.117. The smallest absolute Gasteiger partial charge is 0.124 e. The molecule has 0 radical (unpaired) electrons. The Labute approximate surface area is 120 Å². The third kappa shape index (κ3) is 3.38. The normalized spacial score (nSPS) is 10.3. The third-order valence-electron chi connectivity index (χ3n) is 3.43. The summed E-state index contributed by atoms with van der Waals surface area (Å²) in [6.45, 7) is 2.95. The highest BCUT2D eigenvalue weighted by Gasteiger charge is 2.10. The van der Waals surface area contributed by atoms with E-state index >= 15 is 0 Å². The lowest BCUT2D eigenvalue weighted by Crippen LogP contribution is -2.24. The molecule has 0 amide bonds. The summed E-state index contributed by atoms with van der Waals surface area (Å²) >= 11 is 0. The van der Waals surface area contributed by atoms with Gasteiger partial charge in [0.15, 0.2) is 0 Å². The summed E-state index contributed by atoms with van der Waals surface area (Å²) in [4.78, 5) is 2.16. The fourth-order valence-corrected chi connectivity index (χ4v) is 2.25. The van der Waals surface area contributed by atoms with Crippen molar-refractivity contribution in [3.63, 3.8) is 0 Å². The number of nitrogens with one attached hydrogen (secondary N) is 1. The SMILES string of the molecule is Cc1ccc(C(=N)N)c(N(C)CCc2ccccc2)c1. The van der Waals surface area contributed by atoms with E-state index in [0.717, 1.165) is 24.2 Å². The van der Waals surface area contributed by atoms with Gasteiger partial charge in [-0.05, 0) is 36.6 Å². The molecule has 0 fully saturated rings. The van der Waals surface area contributed by atoms with Gasteiger partial charge in [0.2, 0.25) is 0 Å². The molecular weight excluding hydrogens is 246 g/mol. The zero-order chi connectivity index (χ0) is 14.5. The molecule has 104 valence electrons. The number of hydrogen-bond acceptors (Lipinski definition) is 2. The van der Waals surface area contributed by atoms with Crippen molar-refractivity contribution >= 4 is 11.5 Å². The Morgan fingerprint density at radius 1 is 1.15 bits per heavy atom. The fourth-order valence-electron chi connectivity index (χ4n) is 2.25. The van der Waals surface area contributed by atoms with Crippen LogP contribution in [0.4, 0.5) is 5.69 Å². The maximum atomic E-state index is 7.69. The molecule has 0 aliphatic carbocycles.